The van der Waals surface area contributed by atoms with E-state index in [1.807, 2.05) is 19.9 Å². The number of carbonyl (C=O) groups is 2. The van der Waals surface area contributed by atoms with E-state index in [2.05, 4.69) is 5.32 Å². The van der Waals surface area contributed by atoms with E-state index in [0.29, 0.717) is 30.8 Å². The van der Waals surface area contributed by atoms with E-state index in [9.17, 15) is 9.59 Å². The van der Waals surface area contributed by atoms with Crippen LogP contribution < -0.4 is 10.1 Å². The fraction of sp³-hybridized carbons (Fsp3) is 0.467. The number of ether oxygens (including phenoxy) is 1. The number of nitrogens with zero attached hydrogens (tertiary/aromatic N) is 1. The Morgan fingerprint density at radius 1 is 1.50 bits per heavy atom. The highest BCUT2D eigenvalue weighted by molar-refractivity contribution is 5.98. The molecule has 1 atom stereocenters. The molecule has 1 aromatic carbocycles. The van der Waals surface area contributed by atoms with Gasteiger partial charge in [-0.15, -0.1) is 0 Å². The summed E-state index contributed by atoms with van der Waals surface area (Å²) in [7, 11) is 1.58. The van der Waals surface area contributed by atoms with E-state index in [-0.39, 0.29) is 17.9 Å². The fourth-order valence-electron chi connectivity index (χ4n) is 2.48. The van der Waals surface area contributed by atoms with Crippen molar-refractivity contribution in [2.45, 2.75) is 26.3 Å². The maximum atomic E-state index is 12.6. The number of amides is 2. The molecule has 0 unspecified atom stereocenters. The Kier molecular flexibility index (Phi) is 4.27. The Bertz CT molecular complexity index is 528. The summed E-state index contributed by atoms with van der Waals surface area (Å²) in [5.41, 5.74) is 1.54. The van der Waals surface area contributed by atoms with Crippen molar-refractivity contribution in [3.63, 3.8) is 0 Å². The fourth-order valence-corrected chi connectivity index (χ4v) is 2.48. The lowest BCUT2D eigenvalue weighted by Crippen LogP contribution is -2.56. The van der Waals surface area contributed by atoms with Gasteiger partial charge in [0.05, 0.1) is 7.11 Å². The van der Waals surface area contributed by atoms with Crippen LogP contribution in [0.15, 0.2) is 18.2 Å². The van der Waals surface area contributed by atoms with Gasteiger partial charge in [-0.25, -0.2) is 0 Å². The average Bonchev–Trinajstić information content (AvgIpc) is 2.46. The largest absolute Gasteiger partial charge is 0.496 e. The Hall–Kier alpha value is -2.04. The summed E-state index contributed by atoms with van der Waals surface area (Å²) >= 11 is 0. The molecule has 1 fully saturated rings. The van der Waals surface area contributed by atoms with Gasteiger partial charge in [-0.2, -0.15) is 0 Å². The molecule has 1 heterocycles. The number of hydrogen-bond acceptors (Lipinski definition) is 3. The van der Waals surface area contributed by atoms with Gasteiger partial charge in [-0.05, 0) is 31.0 Å². The van der Waals surface area contributed by atoms with Crippen LogP contribution in [0.2, 0.25) is 0 Å². The number of nitrogens with one attached hydrogen (secondary N) is 1. The van der Waals surface area contributed by atoms with Crippen molar-refractivity contribution >= 4 is 11.8 Å². The van der Waals surface area contributed by atoms with Crippen LogP contribution >= 0.6 is 0 Å². The van der Waals surface area contributed by atoms with Gasteiger partial charge in [-0.1, -0.05) is 13.0 Å². The first kappa shape index (κ1) is 14.4. The van der Waals surface area contributed by atoms with E-state index < -0.39 is 0 Å². The zero-order valence-electron chi connectivity index (χ0n) is 12.1. The summed E-state index contributed by atoms with van der Waals surface area (Å²) < 4.78 is 5.25. The highest BCUT2D eigenvalue weighted by Gasteiger charge is 2.32. The number of hydrogen-bond donors (Lipinski definition) is 1. The lowest BCUT2D eigenvalue weighted by atomic mass is 10.1. The van der Waals surface area contributed by atoms with Crippen molar-refractivity contribution in [3.05, 3.63) is 29.3 Å². The smallest absolute Gasteiger partial charge is 0.254 e. The topological polar surface area (TPSA) is 58.6 Å². The lowest BCUT2D eigenvalue weighted by molar-refractivity contribution is -0.127. The maximum absolute atomic E-state index is 12.6. The third-order valence-corrected chi connectivity index (χ3v) is 3.63. The molecule has 20 heavy (non-hydrogen) atoms. The molecule has 2 amide bonds. The first-order valence-electron chi connectivity index (χ1n) is 6.81. The normalized spacial score (nSPS) is 18.6. The number of carbonyl (C=O) groups excluding carboxylic acids is 2. The van der Waals surface area contributed by atoms with Crippen LogP contribution in [0.4, 0.5) is 0 Å². The van der Waals surface area contributed by atoms with Gasteiger partial charge in [0, 0.05) is 18.7 Å². The van der Waals surface area contributed by atoms with Gasteiger partial charge >= 0.3 is 0 Å². The molecule has 2 rings (SSSR count). The van der Waals surface area contributed by atoms with Crippen LogP contribution in [0, 0.1) is 6.92 Å². The molecule has 0 radical (unpaired) electrons. The van der Waals surface area contributed by atoms with Crippen LogP contribution in [0.1, 0.15) is 29.3 Å². The SMILES string of the molecule is CC[C@@H]1C(=O)NCCN1C(=O)c1ccc(C)c(OC)c1. The van der Waals surface area contributed by atoms with Crippen LogP contribution in [0.25, 0.3) is 0 Å². The van der Waals surface area contributed by atoms with E-state index in [0.717, 1.165) is 5.56 Å². The monoisotopic (exact) mass is 276 g/mol. The lowest BCUT2D eigenvalue weighted by Gasteiger charge is -2.34. The summed E-state index contributed by atoms with van der Waals surface area (Å²) in [6, 6.07) is 4.98. The molecule has 1 N–H and O–H groups in total. The van der Waals surface area contributed by atoms with Gasteiger partial charge in [0.15, 0.2) is 0 Å². The first-order valence-corrected chi connectivity index (χ1v) is 6.81. The second kappa shape index (κ2) is 5.94. The summed E-state index contributed by atoms with van der Waals surface area (Å²) in [5.74, 6) is 0.488. The molecule has 108 valence electrons. The van der Waals surface area contributed by atoms with Crippen LogP contribution in [-0.2, 0) is 4.79 Å². The Labute approximate surface area is 118 Å². The molecule has 1 aliphatic rings. The predicted octanol–water partition coefficient (Wildman–Crippen LogP) is 1.35. The molecule has 0 saturated carbocycles. The molecule has 1 aromatic rings. The van der Waals surface area contributed by atoms with Gasteiger partial charge in [0.1, 0.15) is 11.8 Å². The van der Waals surface area contributed by atoms with E-state index >= 15 is 0 Å². The molecule has 0 aromatic heterocycles. The molecular formula is C15H20N2O3. The maximum Gasteiger partial charge on any atom is 0.254 e. The molecule has 5 nitrogen and oxygen atoms in total. The summed E-state index contributed by atoms with van der Waals surface area (Å²) in [5, 5.41) is 2.79. The quantitative estimate of drug-likeness (QED) is 0.906. The Morgan fingerprint density at radius 3 is 2.90 bits per heavy atom. The zero-order chi connectivity index (χ0) is 14.7. The molecule has 0 spiro atoms. The van der Waals surface area contributed by atoms with Crippen LogP contribution in [0.3, 0.4) is 0 Å². The molecule has 0 aliphatic carbocycles. The Balaban J connectivity index is 2.28. The van der Waals surface area contributed by atoms with Crippen molar-refractivity contribution in [1.29, 1.82) is 0 Å². The zero-order valence-corrected chi connectivity index (χ0v) is 12.1. The van der Waals surface area contributed by atoms with Gasteiger partial charge < -0.3 is 15.0 Å². The van der Waals surface area contributed by atoms with Crippen LogP contribution in [-0.4, -0.2) is 43.0 Å². The number of aryl methyl sites for hydroxylation is 1. The number of rotatable bonds is 3. The molecule has 5 heteroatoms. The highest BCUT2D eigenvalue weighted by atomic mass is 16.5. The van der Waals surface area contributed by atoms with Gasteiger partial charge in [0.2, 0.25) is 5.91 Å². The van der Waals surface area contributed by atoms with Crippen molar-refractivity contribution in [2.24, 2.45) is 0 Å². The van der Waals surface area contributed by atoms with E-state index in [1.165, 1.54) is 0 Å². The minimum Gasteiger partial charge on any atom is -0.496 e. The minimum atomic E-state index is -0.386. The molecular weight excluding hydrogens is 256 g/mol. The van der Waals surface area contributed by atoms with Gasteiger partial charge in [-0.3, -0.25) is 9.59 Å². The number of piperazine rings is 1. The van der Waals surface area contributed by atoms with E-state index in [1.54, 1.807) is 24.1 Å². The summed E-state index contributed by atoms with van der Waals surface area (Å²) in [6.07, 6.45) is 0.612. The molecule has 1 saturated heterocycles. The third kappa shape index (κ3) is 2.61. The molecule has 1 aliphatic heterocycles. The predicted molar refractivity (Wildman–Crippen MR) is 75.9 cm³/mol. The summed E-state index contributed by atoms with van der Waals surface area (Å²) in [4.78, 5) is 26.0. The van der Waals surface area contributed by atoms with Crippen molar-refractivity contribution in [1.82, 2.24) is 10.2 Å². The van der Waals surface area contributed by atoms with Crippen molar-refractivity contribution in [3.8, 4) is 5.75 Å². The number of benzene rings is 1. The van der Waals surface area contributed by atoms with Crippen molar-refractivity contribution in [2.75, 3.05) is 20.2 Å². The first-order chi connectivity index (χ1) is 9.58. The Morgan fingerprint density at radius 2 is 2.25 bits per heavy atom. The minimum absolute atomic E-state index is 0.0776. The average molecular weight is 276 g/mol. The summed E-state index contributed by atoms with van der Waals surface area (Å²) in [6.45, 7) is 4.88. The standard InChI is InChI=1S/C15H20N2O3/c1-4-12-14(18)16-7-8-17(12)15(19)11-6-5-10(2)13(9-11)20-3/h5-6,9,12H,4,7-8H2,1-3H3,(H,16,18)/t12-/m1/s1. The third-order valence-electron chi connectivity index (χ3n) is 3.63. The second-order valence-corrected chi connectivity index (χ2v) is 4.90. The molecule has 0 bridgehead atoms. The van der Waals surface area contributed by atoms with Crippen LogP contribution in [0.5, 0.6) is 5.75 Å². The van der Waals surface area contributed by atoms with Gasteiger partial charge in [0.25, 0.3) is 5.91 Å². The van der Waals surface area contributed by atoms with E-state index in [4.69, 9.17) is 4.74 Å². The number of methoxy groups -OCH3 is 1. The highest BCUT2D eigenvalue weighted by Crippen LogP contribution is 2.21. The van der Waals surface area contributed by atoms with Crippen molar-refractivity contribution < 1.29 is 14.3 Å². The second-order valence-electron chi connectivity index (χ2n) is 4.90.